The fourth-order valence-electron chi connectivity index (χ4n) is 1.80. The third-order valence-corrected chi connectivity index (χ3v) is 4.02. The average Bonchev–Trinajstić information content (AvgIpc) is 3.00. The molecular formula is C13H19N3S. The van der Waals surface area contributed by atoms with E-state index in [1.165, 1.54) is 4.88 Å². The van der Waals surface area contributed by atoms with E-state index >= 15 is 0 Å². The molecule has 0 aliphatic rings. The van der Waals surface area contributed by atoms with Crippen molar-refractivity contribution in [3.8, 4) is 0 Å². The lowest BCUT2D eigenvalue weighted by Crippen LogP contribution is -2.35. The van der Waals surface area contributed by atoms with E-state index in [1.54, 1.807) is 0 Å². The van der Waals surface area contributed by atoms with Gasteiger partial charge < -0.3 is 5.32 Å². The molecule has 0 spiro atoms. The van der Waals surface area contributed by atoms with Crippen LogP contribution in [0.3, 0.4) is 0 Å². The Morgan fingerprint density at radius 1 is 1.41 bits per heavy atom. The number of nitrogens with one attached hydrogen (secondary N) is 1. The van der Waals surface area contributed by atoms with Gasteiger partial charge in [-0.2, -0.15) is 5.10 Å². The van der Waals surface area contributed by atoms with Crippen molar-refractivity contribution >= 4 is 11.3 Å². The highest BCUT2D eigenvalue weighted by Crippen LogP contribution is 2.11. The zero-order chi connectivity index (χ0) is 12.1. The summed E-state index contributed by atoms with van der Waals surface area (Å²) in [7, 11) is 0. The fourth-order valence-corrected chi connectivity index (χ4v) is 2.51. The Kier molecular flexibility index (Phi) is 4.34. The van der Waals surface area contributed by atoms with Crippen molar-refractivity contribution in [3.63, 3.8) is 0 Å². The number of hydrogen-bond donors (Lipinski definition) is 1. The lowest BCUT2D eigenvalue weighted by Gasteiger charge is -2.21. The van der Waals surface area contributed by atoms with Crippen LogP contribution >= 0.6 is 11.3 Å². The molecule has 0 aliphatic carbocycles. The van der Waals surface area contributed by atoms with Gasteiger partial charge in [0.1, 0.15) is 0 Å². The molecule has 0 bridgehead atoms. The van der Waals surface area contributed by atoms with Gasteiger partial charge in [-0.15, -0.1) is 11.3 Å². The number of hydrogen-bond acceptors (Lipinski definition) is 3. The molecule has 2 rings (SSSR count). The Labute approximate surface area is 106 Å². The second kappa shape index (κ2) is 5.98. The molecule has 4 heteroatoms. The molecule has 0 saturated carbocycles. The van der Waals surface area contributed by atoms with Gasteiger partial charge in [0.2, 0.25) is 0 Å². The first-order chi connectivity index (χ1) is 8.27. The summed E-state index contributed by atoms with van der Waals surface area (Å²) in [6.45, 7) is 5.42. The first kappa shape index (κ1) is 12.3. The summed E-state index contributed by atoms with van der Waals surface area (Å²) in [4.78, 5) is 1.44. The summed E-state index contributed by atoms with van der Waals surface area (Å²) in [6.07, 6.45) is 4.95. The quantitative estimate of drug-likeness (QED) is 0.853. The predicted octanol–water partition coefficient (Wildman–Crippen LogP) is 2.73. The maximum absolute atomic E-state index is 4.27. The van der Waals surface area contributed by atoms with Crippen molar-refractivity contribution in [3.05, 3.63) is 40.8 Å². The minimum Gasteiger partial charge on any atom is -0.312 e. The summed E-state index contributed by atoms with van der Waals surface area (Å²) in [5.41, 5.74) is 0. The molecule has 0 radical (unpaired) electrons. The highest BCUT2D eigenvalue weighted by molar-refractivity contribution is 7.09. The van der Waals surface area contributed by atoms with Crippen molar-refractivity contribution < 1.29 is 0 Å². The lowest BCUT2D eigenvalue weighted by atomic mass is 10.1. The molecule has 3 nitrogen and oxygen atoms in total. The van der Waals surface area contributed by atoms with Gasteiger partial charge in [-0.25, -0.2) is 0 Å². The Bertz CT molecular complexity index is 408. The van der Waals surface area contributed by atoms with Crippen molar-refractivity contribution in [2.45, 2.75) is 32.4 Å². The van der Waals surface area contributed by atoms with Crippen LogP contribution in [0, 0.1) is 0 Å². The maximum atomic E-state index is 4.27. The molecule has 2 aromatic heterocycles. The topological polar surface area (TPSA) is 29.9 Å². The highest BCUT2D eigenvalue weighted by Gasteiger charge is 2.12. The summed E-state index contributed by atoms with van der Waals surface area (Å²) >= 11 is 1.82. The molecule has 0 aromatic carbocycles. The van der Waals surface area contributed by atoms with E-state index in [-0.39, 0.29) is 0 Å². The van der Waals surface area contributed by atoms with Gasteiger partial charge >= 0.3 is 0 Å². The first-order valence-electron chi connectivity index (χ1n) is 6.02. The van der Waals surface area contributed by atoms with E-state index in [9.17, 15) is 0 Å². The summed E-state index contributed by atoms with van der Waals surface area (Å²) in [6, 6.07) is 7.07. The number of thiophene rings is 1. The van der Waals surface area contributed by atoms with Crippen LogP contribution < -0.4 is 5.32 Å². The smallest absolute Gasteiger partial charge is 0.0641 e. The van der Waals surface area contributed by atoms with Crippen LogP contribution in [0.5, 0.6) is 0 Å². The lowest BCUT2D eigenvalue weighted by molar-refractivity contribution is 0.368. The second-order valence-corrected chi connectivity index (χ2v) is 5.33. The van der Waals surface area contributed by atoms with Gasteiger partial charge in [0.25, 0.3) is 0 Å². The minimum atomic E-state index is 0.383. The van der Waals surface area contributed by atoms with Crippen LogP contribution in [0.25, 0.3) is 0 Å². The molecular weight excluding hydrogens is 230 g/mol. The number of nitrogens with zero attached hydrogens (tertiary/aromatic N) is 2. The molecule has 92 valence electrons. The standard InChI is InChI=1S/C13H19N3S/c1-11(12(2)16-9-4-7-15-16)14-8-6-13-5-3-10-17-13/h3-5,7,9-12,14H,6,8H2,1-2H3/t11-,12+/m1/s1. The second-order valence-electron chi connectivity index (χ2n) is 4.30. The van der Waals surface area contributed by atoms with E-state index in [0.717, 1.165) is 13.0 Å². The average molecular weight is 249 g/mol. The molecule has 0 amide bonds. The molecule has 2 heterocycles. The zero-order valence-electron chi connectivity index (χ0n) is 10.3. The Balaban J connectivity index is 1.75. The Hall–Kier alpha value is -1.13. The van der Waals surface area contributed by atoms with Crippen LogP contribution in [0.1, 0.15) is 24.8 Å². The van der Waals surface area contributed by atoms with Crippen LogP contribution in [0.4, 0.5) is 0 Å². The SMILES string of the molecule is C[C@@H](NCCc1cccs1)[C@H](C)n1cccn1. The van der Waals surface area contributed by atoms with Crippen molar-refractivity contribution in [2.24, 2.45) is 0 Å². The molecule has 2 atom stereocenters. The summed E-state index contributed by atoms with van der Waals surface area (Å²) < 4.78 is 2.00. The largest absolute Gasteiger partial charge is 0.312 e. The molecule has 0 saturated heterocycles. The molecule has 2 aromatic rings. The third-order valence-electron chi connectivity index (χ3n) is 3.08. The minimum absolute atomic E-state index is 0.383. The number of rotatable bonds is 6. The first-order valence-corrected chi connectivity index (χ1v) is 6.90. The monoisotopic (exact) mass is 249 g/mol. The normalized spacial score (nSPS) is 14.7. The third kappa shape index (κ3) is 3.41. The van der Waals surface area contributed by atoms with Gasteiger partial charge in [0, 0.05) is 29.9 Å². The fraction of sp³-hybridized carbons (Fsp3) is 0.462. The van der Waals surface area contributed by atoms with Crippen LogP contribution in [-0.4, -0.2) is 22.4 Å². The molecule has 0 aliphatic heterocycles. The van der Waals surface area contributed by atoms with Crippen molar-refractivity contribution in [2.75, 3.05) is 6.54 Å². The van der Waals surface area contributed by atoms with Gasteiger partial charge in [0.05, 0.1) is 6.04 Å². The Morgan fingerprint density at radius 3 is 2.94 bits per heavy atom. The van der Waals surface area contributed by atoms with Crippen molar-refractivity contribution in [1.82, 2.24) is 15.1 Å². The van der Waals surface area contributed by atoms with E-state index in [4.69, 9.17) is 0 Å². The Morgan fingerprint density at radius 2 is 2.29 bits per heavy atom. The van der Waals surface area contributed by atoms with Crippen LogP contribution in [0.15, 0.2) is 36.0 Å². The van der Waals surface area contributed by atoms with Gasteiger partial charge in [-0.1, -0.05) is 6.07 Å². The molecule has 0 fully saturated rings. The van der Waals surface area contributed by atoms with E-state index in [1.807, 2.05) is 34.5 Å². The van der Waals surface area contributed by atoms with E-state index in [2.05, 4.69) is 41.8 Å². The van der Waals surface area contributed by atoms with Crippen molar-refractivity contribution in [1.29, 1.82) is 0 Å². The molecule has 0 unspecified atom stereocenters. The highest BCUT2D eigenvalue weighted by atomic mass is 32.1. The molecule has 1 N–H and O–H groups in total. The van der Waals surface area contributed by atoms with E-state index in [0.29, 0.717) is 12.1 Å². The van der Waals surface area contributed by atoms with Gasteiger partial charge in [-0.05, 0) is 37.8 Å². The van der Waals surface area contributed by atoms with Crippen LogP contribution in [0.2, 0.25) is 0 Å². The predicted molar refractivity (Wildman–Crippen MR) is 72.4 cm³/mol. The van der Waals surface area contributed by atoms with Gasteiger partial charge in [-0.3, -0.25) is 4.68 Å². The summed E-state index contributed by atoms with van der Waals surface area (Å²) in [5, 5.41) is 9.96. The number of aromatic nitrogens is 2. The van der Waals surface area contributed by atoms with Crippen LogP contribution in [-0.2, 0) is 6.42 Å². The summed E-state index contributed by atoms with van der Waals surface area (Å²) in [5.74, 6) is 0. The van der Waals surface area contributed by atoms with Gasteiger partial charge in [0.15, 0.2) is 0 Å². The molecule has 17 heavy (non-hydrogen) atoms. The van der Waals surface area contributed by atoms with E-state index < -0.39 is 0 Å². The zero-order valence-corrected chi connectivity index (χ0v) is 11.2. The maximum Gasteiger partial charge on any atom is 0.0641 e.